The first-order valence-corrected chi connectivity index (χ1v) is 14.0. The molecule has 5 rings (SSSR count). The van der Waals surface area contributed by atoms with Gasteiger partial charge in [0.05, 0.1) is 41.1 Å². The van der Waals surface area contributed by atoms with Crippen LogP contribution in [0.4, 0.5) is 13.2 Å². The van der Waals surface area contributed by atoms with Crippen LogP contribution in [-0.2, 0) is 21.1 Å². The number of nitrogens with zero attached hydrogens (tertiary/aromatic N) is 5. The summed E-state index contributed by atoms with van der Waals surface area (Å²) in [4.78, 5) is 20.8. The predicted molar refractivity (Wildman–Crippen MR) is 146 cm³/mol. The number of hydrogen-bond donors (Lipinski definition) is 2. The van der Waals surface area contributed by atoms with E-state index in [4.69, 9.17) is 9.90 Å². The number of hydrogen-bond acceptors (Lipinski definition) is 7. The number of carbonyl (C=O) groups is 1. The fraction of sp³-hybridized carbons (Fsp3) is 0.179. The zero-order valence-corrected chi connectivity index (χ0v) is 22.5. The molecule has 0 aliphatic rings. The summed E-state index contributed by atoms with van der Waals surface area (Å²) in [6, 6.07) is 20.0. The number of rotatable bonds is 8. The van der Waals surface area contributed by atoms with Gasteiger partial charge >= 0.3 is 12.1 Å². The highest BCUT2D eigenvalue weighted by molar-refractivity contribution is 7.91. The summed E-state index contributed by atoms with van der Waals surface area (Å²) in [5.74, 6) is -2.75. The molecule has 42 heavy (non-hydrogen) atoms. The highest BCUT2D eigenvalue weighted by Gasteiger charge is 2.38. The van der Waals surface area contributed by atoms with E-state index in [1.54, 1.807) is 35.3 Å². The van der Waals surface area contributed by atoms with Crippen LogP contribution in [0.2, 0.25) is 0 Å². The third-order valence-electron chi connectivity index (χ3n) is 6.18. The molecule has 14 heteroatoms. The van der Waals surface area contributed by atoms with E-state index in [1.165, 1.54) is 6.33 Å². The minimum absolute atomic E-state index is 0.00960. The molecule has 3 heterocycles. The van der Waals surface area contributed by atoms with Gasteiger partial charge in [0.25, 0.3) is 0 Å². The van der Waals surface area contributed by atoms with E-state index in [1.807, 2.05) is 48.7 Å². The van der Waals surface area contributed by atoms with Crippen LogP contribution in [-0.4, -0.2) is 56.2 Å². The molecule has 216 valence electrons. The van der Waals surface area contributed by atoms with Crippen molar-refractivity contribution in [1.29, 1.82) is 5.26 Å². The first-order valence-electron chi connectivity index (χ1n) is 12.4. The Labute approximate surface area is 238 Å². The Bertz CT molecular complexity index is 1830. The summed E-state index contributed by atoms with van der Waals surface area (Å²) >= 11 is 0. The molecule has 0 radical (unpaired) electrons. The number of fused-ring (bicyclic) bond motifs is 1. The third-order valence-corrected chi connectivity index (χ3v) is 7.89. The lowest BCUT2D eigenvalue weighted by Crippen LogP contribution is -2.21. The van der Waals surface area contributed by atoms with E-state index in [2.05, 4.69) is 26.1 Å². The normalized spacial score (nSPS) is 12.2. The Hall–Kier alpha value is -5.03. The van der Waals surface area contributed by atoms with E-state index in [0.717, 1.165) is 27.9 Å². The molecule has 0 saturated carbocycles. The van der Waals surface area contributed by atoms with Crippen molar-refractivity contribution >= 4 is 26.8 Å². The number of carboxylic acids is 1. The second kappa shape index (κ2) is 12.6. The molecular weight excluding hydrogens is 573 g/mol. The number of benzene rings is 2. The Balaban J connectivity index is 0.000000517. The molecule has 2 aromatic carbocycles. The number of sulfone groups is 1. The molecule has 1 atom stereocenters. The Morgan fingerprint density at radius 3 is 2.52 bits per heavy atom. The van der Waals surface area contributed by atoms with E-state index in [-0.39, 0.29) is 17.1 Å². The topological polar surface area (TPSA) is 155 Å². The third kappa shape index (κ3) is 7.18. The Morgan fingerprint density at radius 1 is 1.10 bits per heavy atom. The van der Waals surface area contributed by atoms with Crippen molar-refractivity contribution in [2.75, 3.05) is 5.75 Å². The van der Waals surface area contributed by atoms with Crippen molar-refractivity contribution < 1.29 is 31.5 Å². The van der Waals surface area contributed by atoms with Gasteiger partial charge in [-0.2, -0.15) is 23.5 Å². The maximum Gasteiger partial charge on any atom is 0.490 e. The summed E-state index contributed by atoms with van der Waals surface area (Å²) in [6.07, 6.45) is 2.30. The lowest BCUT2D eigenvalue weighted by atomic mass is 10.0. The molecule has 0 saturated heterocycles. The maximum atomic E-state index is 13.1. The van der Waals surface area contributed by atoms with Crippen molar-refractivity contribution in [3.05, 3.63) is 96.7 Å². The van der Waals surface area contributed by atoms with Gasteiger partial charge in [-0.15, -0.1) is 0 Å². The number of nitrogens with one attached hydrogen (secondary N) is 1. The molecule has 0 spiro atoms. The number of aromatic amines is 1. The van der Waals surface area contributed by atoms with Crippen molar-refractivity contribution in [2.45, 2.75) is 30.0 Å². The van der Waals surface area contributed by atoms with Gasteiger partial charge in [0.1, 0.15) is 12.0 Å². The summed E-state index contributed by atoms with van der Waals surface area (Å²) < 4.78 is 59.5. The minimum Gasteiger partial charge on any atom is -0.475 e. The molecule has 5 aromatic rings. The van der Waals surface area contributed by atoms with Crippen LogP contribution in [0.1, 0.15) is 23.6 Å². The summed E-state index contributed by atoms with van der Waals surface area (Å²) in [6.45, 7) is 0. The molecule has 0 amide bonds. The summed E-state index contributed by atoms with van der Waals surface area (Å²) in [5, 5.41) is 22.0. The van der Waals surface area contributed by atoms with Gasteiger partial charge in [-0.25, -0.2) is 23.2 Å². The average Bonchev–Trinajstić information content (AvgIpc) is 3.66. The zero-order chi connectivity index (χ0) is 30.3. The zero-order valence-electron chi connectivity index (χ0n) is 21.7. The van der Waals surface area contributed by atoms with Crippen LogP contribution < -0.4 is 0 Å². The lowest BCUT2D eigenvalue weighted by Gasteiger charge is -2.16. The number of alkyl halides is 3. The van der Waals surface area contributed by atoms with Gasteiger partial charge in [0, 0.05) is 23.3 Å². The van der Waals surface area contributed by atoms with Crippen molar-refractivity contribution in [3.63, 3.8) is 0 Å². The number of carboxylic acid groups (broad SMARTS) is 1. The van der Waals surface area contributed by atoms with Crippen LogP contribution in [0.25, 0.3) is 22.3 Å². The van der Waals surface area contributed by atoms with Gasteiger partial charge in [0.15, 0.2) is 9.84 Å². The largest absolute Gasteiger partial charge is 0.490 e. The van der Waals surface area contributed by atoms with Gasteiger partial charge in [-0.1, -0.05) is 42.5 Å². The molecule has 3 aromatic heterocycles. The molecule has 2 N–H and O–H groups in total. The van der Waals surface area contributed by atoms with Gasteiger partial charge in [-0.05, 0) is 35.7 Å². The van der Waals surface area contributed by atoms with Crippen LogP contribution in [0.3, 0.4) is 0 Å². The number of halogens is 3. The highest BCUT2D eigenvalue weighted by atomic mass is 32.2. The molecule has 0 aliphatic heterocycles. The molecule has 0 bridgehead atoms. The van der Waals surface area contributed by atoms with Crippen molar-refractivity contribution in [2.24, 2.45) is 0 Å². The maximum absolute atomic E-state index is 13.1. The van der Waals surface area contributed by atoms with E-state index < -0.39 is 28.0 Å². The van der Waals surface area contributed by atoms with Crippen LogP contribution >= 0.6 is 0 Å². The van der Waals surface area contributed by atoms with Crippen molar-refractivity contribution in [1.82, 2.24) is 24.7 Å². The lowest BCUT2D eigenvalue weighted by molar-refractivity contribution is -0.192. The van der Waals surface area contributed by atoms with Crippen LogP contribution in [0, 0.1) is 11.3 Å². The molecule has 10 nitrogen and oxygen atoms in total. The van der Waals surface area contributed by atoms with Gasteiger partial charge < -0.3 is 10.1 Å². The smallest absolute Gasteiger partial charge is 0.475 e. The number of aliphatic carboxylic acids is 1. The standard InChI is InChI=1S/C26H22N6O2S.C2HF3O2/c27-12-9-24(32-17-21(16-31-32)25-23-10-13-28-26(23)30-18-29-25)20-7-4-8-22(15-20)35(33,34)14-11-19-5-2-1-3-6-19;3-2(4,5)1(6)7/h1-8,10,13,15-18,24H,9,11,14H2,(H,28,29,30);(H,6,7). The van der Waals surface area contributed by atoms with Gasteiger partial charge in [-0.3, -0.25) is 4.68 Å². The van der Waals surface area contributed by atoms with Crippen LogP contribution in [0.15, 0.2) is 90.5 Å². The van der Waals surface area contributed by atoms with E-state index >= 15 is 0 Å². The second-order valence-electron chi connectivity index (χ2n) is 8.98. The minimum atomic E-state index is -5.08. The fourth-order valence-corrected chi connectivity index (χ4v) is 5.46. The average molecular weight is 597 g/mol. The number of aromatic nitrogens is 5. The molecule has 0 fully saturated rings. The molecule has 1 unspecified atom stereocenters. The number of H-pyrrole nitrogens is 1. The first kappa shape index (κ1) is 29.9. The molecule has 0 aliphatic carbocycles. The number of aryl methyl sites for hydroxylation is 1. The van der Waals surface area contributed by atoms with Crippen LogP contribution in [0.5, 0.6) is 0 Å². The monoisotopic (exact) mass is 596 g/mol. The number of nitriles is 1. The van der Waals surface area contributed by atoms with Gasteiger partial charge in [0.2, 0.25) is 0 Å². The highest BCUT2D eigenvalue weighted by Crippen LogP contribution is 2.29. The first-order chi connectivity index (χ1) is 20.0. The quantitative estimate of drug-likeness (QED) is 0.254. The summed E-state index contributed by atoms with van der Waals surface area (Å²) in [5.41, 5.74) is 3.92. The van der Waals surface area contributed by atoms with Crippen molar-refractivity contribution in [3.8, 4) is 17.3 Å². The van der Waals surface area contributed by atoms with E-state index in [9.17, 15) is 26.9 Å². The molecular formula is C28H23F3N6O4S. The predicted octanol–water partition coefficient (Wildman–Crippen LogP) is 4.97. The summed E-state index contributed by atoms with van der Waals surface area (Å²) in [7, 11) is -3.50. The second-order valence-corrected chi connectivity index (χ2v) is 11.1. The van der Waals surface area contributed by atoms with E-state index in [0.29, 0.717) is 12.0 Å². The fourth-order valence-electron chi connectivity index (χ4n) is 4.11. The Kier molecular flexibility index (Phi) is 9.02. The SMILES string of the molecule is N#CCC(c1cccc(S(=O)(=O)CCc2ccccc2)c1)n1cc(-c2ncnc3[nH]ccc23)cn1.O=C(O)C(F)(F)F. The Morgan fingerprint density at radius 2 is 1.83 bits per heavy atom.